The standard InChI is InChI=1S/C10H22N2O/c1-5-8-9(10(13)11-4)12(6-2)7-3/h9H,5-8H2,1-4H3,(H,11,13)/t9-/m1/s1. The van der Waals surface area contributed by atoms with E-state index in [2.05, 4.69) is 31.0 Å². The Bertz CT molecular complexity index is 144. The summed E-state index contributed by atoms with van der Waals surface area (Å²) in [6.07, 6.45) is 2.00. The van der Waals surface area contributed by atoms with Gasteiger partial charge in [0.2, 0.25) is 5.91 Å². The van der Waals surface area contributed by atoms with Crippen molar-refractivity contribution in [2.75, 3.05) is 20.1 Å². The summed E-state index contributed by atoms with van der Waals surface area (Å²) in [5.41, 5.74) is 0. The van der Waals surface area contributed by atoms with E-state index in [4.69, 9.17) is 0 Å². The van der Waals surface area contributed by atoms with Gasteiger partial charge in [0.15, 0.2) is 0 Å². The first-order valence-electron chi connectivity index (χ1n) is 5.16. The second-order valence-corrected chi connectivity index (χ2v) is 3.14. The number of nitrogens with zero attached hydrogens (tertiary/aromatic N) is 1. The van der Waals surface area contributed by atoms with Gasteiger partial charge in [-0.05, 0) is 19.5 Å². The van der Waals surface area contributed by atoms with Crippen LogP contribution in [0.25, 0.3) is 0 Å². The molecule has 0 aliphatic rings. The van der Waals surface area contributed by atoms with E-state index in [-0.39, 0.29) is 11.9 Å². The van der Waals surface area contributed by atoms with Gasteiger partial charge in [0.05, 0.1) is 6.04 Å². The zero-order valence-corrected chi connectivity index (χ0v) is 9.26. The van der Waals surface area contributed by atoms with Crippen molar-refractivity contribution in [3.8, 4) is 0 Å². The summed E-state index contributed by atoms with van der Waals surface area (Å²) >= 11 is 0. The van der Waals surface area contributed by atoms with Crippen molar-refractivity contribution in [2.24, 2.45) is 0 Å². The predicted molar refractivity (Wildman–Crippen MR) is 55.7 cm³/mol. The van der Waals surface area contributed by atoms with Gasteiger partial charge in [0.1, 0.15) is 0 Å². The van der Waals surface area contributed by atoms with Crippen LogP contribution < -0.4 is 5.32 Å². The number of nitrogens with one attached hydrogen (secondary N) is 1. The third kappa shape index (κ3) is 3.77. The summed E-state index contributed by atoms with van der Waals surface area (Å²) in [4.78, 5) is 13.7. The minimum Gasteiger partial charge on any atom is -0.358 e. The van der Waals surface area contributed by atoms with Crippen LogP contribution in [0.2, 0.25) is 0 Å². The molecule has 0 aliphatic carbocycles. The summed E-state index contributed by atoms with van der Waals surface area (Å²) in [5, 5.41) is 2.72. The number of amides is 1. The summed E-state index contributed by atoms with van der Waals surface area (Å²) < 4.78 is 0. The fourth-order valence-electron chi connectivity index (χ4n) is 1.58. The van der Waals surface area contributed by atoms with Crippen LogP contribution in [0.4, 0.5) is 0 Å². The molecule has 13 heavy (non-hydrogen) atoms. The van der Waals surface area contributed by atoms with Crippen LogP contribution in [0.3, 0.4) is 0 Å². The summed E-state index contributed by atoms with van der Waals surface area (Å²) in [6.45, 7) is 8.17. The van der Waals surface area contributed by atoms with E-state index in [9.17, 15) is 4.79 Å². The molecule has 1 N–H and O–H groups in total. The third-order valence-corrected chi connectivity index (χ3v) is 2.36. The molecule has 0 saturated heterocycles. The first kappa shape index (κ1) is 12.4. The maximum absolute atomic E-state index is 11.5. The van der Waals surface area contributed by atoms with Crippen LogP contribution in [0.15, 0.2) is 0 Å². The normalized spacial score (nSPS) is 13.0. The lowest BCUT2D eigenvalue weighted by molar-refractivity contribution is -0.126. The van der Waals surface area contributed by atoms with Gasteiger partial charge in [-0.3, -0.25) is 9.69 Å². The van der Waals surface area contributed by atoms with Crippen LogP contribution >= 0.6 is 0 Å². The molecule has 0 aromatic rings. The molecule has 0 spiro atoms. The van der Waals surface area contributed by atoms with Crippen LogP contribution in [0.5, 0.6) is 0 Å². The molecular weight excluding hydrogens is 164 g/mol. The molecule has 0 aliphatic heterocycles. The van der Waals surface area contributed by atoms with E-state index < -0.39 is 0 Å². The van der Waals surface area contributed by atoms with Crippen LogP contribution in [0.1, 0.15) is 33.6 Å². The SMILES string of the molecule is CCC[C@H](C(=O)NC)N(CC)CC. The topological polar surface area (TPSA) is 32.3 Å². The van der Waals surface area contributed by atoms with Gasteiger partial charge < -0.3 is 5.32 Å². The molecule has 3 nitrogen and oxygen atoms in total. The highest BCUT2D eigenvalue weighted by molar-refractivity contribution is 5.81. The number of rotatable bonds is 6. The Labute approximate surface area is 81.5 Å². The van der Waals surface area contributed by atoms with Gasteiger partial charge in [-0.25, -0.2) is 0 Å². The highest BCUT2D eigenvalue weighted by Gasteiger charge is 2.21. The van der Waals surface area contributed by atoms with Crippen molar-refractivity contribution >= 4 is 5.91 Å². The van der Waals surface area contributed by atoms with Crippen molar-refractivity contribution in [1.29, 1.82) is 0 Å². The summed E-state index contributed by atoms with van der Waals surface area (Å²) in [7, 11) is 1.70. The van der Waals surface area contributed by atoms with Crippen molar-refractivity contribution in [1.82, 2.24) is 10.2 Å². The summed E-state index contributed by atoms with van der Waals surface area (Å²) in [6, 6.07) is 0.0602. The lowest BCUT2D eigenvalue weighted by atomic mass is 10.1. The fourth-order valence-corrected chi connectivity index (χ4v) is 1.58. The second-order valence-electron chi connectivity index (χ2n) is 3.14. The molecule has 0 saturated carbocycles. The number of carbonyl (C=O) groups excluding carboxylic acids is 1. The van der Waals surface area contributed by atoms with Crippen molar-refractivity contribution in [2.45, 2.75) is 39.7 Å². The van der Waals surface area contributed by atoms with Gasteiger partial charge >= 0.3 is 0 Å². The van der Waals surface area contributed by atoms with E-state index >= 15 is 0 Å². The first-order valence-corrected chi connectivity index (χ1v) is 5.16. The van der Waals surface area contributed by atoms with Crippen molar-refractivity contribution < 1.29 is 4.79 Å². The second kappa shape index (κ2) is 6.89. The Hall–Kier alpha value is -0.570. The smallest absolute Gasteiger partial charge is 0.237 e. The highest BCUT2D eigenvalue weighted by Crippen LogP contribution is 2.06. The number of likely N-dealkylation sites (N-methyl/N-ethyl adjacent to an activating group) is 2. The molecule has 0 rings (SSSR count). The Morgan fingerprint density at radius 1 is 1.31 bits per heavy atom. The van der Waals surface area contributed by atoms with Crippen molar-refractivity contribution in [3.05, 3.63) is 0 Å². The lowest BCUT2D eigenvalue weighted by Gasteiger charge is -2.27. The Morgan fingerprint density at radius 2 is 1.85 bits per heavy atom. The molecular formula is C10H22N2O. The van der Waals surface area contributed by atoms with Gasteiger partial charge in [-0.2, -0.15) is 0 Å². The Kier molecular flexibility index (Phi) is 6.59. The van der Waals surface area contributed by atoms with Gasteiger partial charge in [-0.15, -0.1) is 0 Å². The monoisotopic (exact) mass is 186 g/mol. The zero-order chi connectivity index (χ0) is 10.3. The maximum Gasteiger partial charge on any atom is 0.237 e. The zero-order valence-electron chi connectivity index (χ0n) is 9.26. The number of hydrogen-bond donors (Lipinski definition) is 1. The lowest BCUT2D eigenvalue weighted by Crippen LogP contribution is -2.45. The van der Waals surface area contributed by atoms with E-state index in [0.29, 0.717) is 0 Å². The minimum atomic E-state index is 0.0602. The van der Waals surface area contributed by atoms with E-state index in [1.807, 2.05) is 0 Å². The van der Waals surface area contributed by atoms with Gasteiger partial charge in [-0.1, -0.05) is 27.2 Å². The highest BCUT2D eigenvalue weighted by atomic mass is 16.2. The molecule has 3 heteroatoms. The maximum atomic E-state index is 11.5. The molecule has 0 aromatic heterocycles. The average Bonchev–Trinajstić information content (AvgIpc) is 2.17. The van der Waals surface area contributed by atoms with Crippen LogP contribution in [-0.4, -0.2) is 37.0 Å². The Morgan fingerprint density at radius 3 is 2.15 bits per heavy atom. The van der Waals surface area contributed by atoms with Gasteiger partial charge in [0, 0.05) is 7.05 Å². The quantitative estimate of drug-likeness (QED) is 0.677. The van der Waals surface area contributed by atoms with Gasteiger partial charge in [0.25, 0.3) is 0 Å². The molecule has 0 aromatic carbocycles. The van der Waals surface area contributed by atoms with Crippen LogP contribution in [-0.2, 0) is 4.79 Å². The molecule has 1 amide bonds. The van der Waals surface area contributed by atoms with Crippen LogP contribution in [0, 0.1) is 0 Å². The number of carbonyl (C=O) groups is 1. The van der Waals surface area contributed by atoms with E-state index in [1.54, 1.807) is 7.05 Å². The molecule has 0 bridgehead atoms. The predicted octanol–water partition coefficient (Wildman–Crippen LogP) is 1.24. The molecule has 78 valence electrons. The molecule has 1 atom stereocenters. The van der Waals surface area contributed by atoms with E-state index in [1.165, 1.54) is 0 Å². The van der Waals surface area contributed by atoms with E-state index in [0.717, 1.165) is 25.9 Å². The largest absolute Gasteiger partial charge is 0.358 e. The molecule has 0 unspecified atom stereocenters. The number of hydrogen-bond acceptors (Lipinski definition) is 2. The average molecular weight is 186 g/mol. The molecule has 0 heterocycles. The first-order chi connectivity index (χ1) is 6.21. The minimum absolute atomic E-state index is 0.0602. The Balaban J connectivity index is 4.28. The molecule has 0 fully saturated rings. The molecule has 0 radical (unpaired) electrons. The van der Waals surface area contributed by atoms with Crippen molar-refractivity contribution in [3.63, 3.8) is 0 Å². The summed E-state index contributed by atoms with van der Waals surface area (Å²) in [5.74, 6) is 0.144. The third-order valence-electron chi connectivity index (χ3n) is 2.36. The fraction of sp³-hybridized carbons (Fsp3) is 0.900.